The summed E-state index contributed by atoms with van der Waals surface area (Å²) in [5.41, 5.74) is 2.68. The van der Waals surface area contributed by atoms with Crippen LogP contribution in [0.3, 0.4) is 0 Å². The summed E-state index contributed by atoms with van der Waals surface area (Å²) in [6, 6.07) is 8.72. The third kappa shape index (κ3) is 11.4. The lowest BCUT2D eigenvalue weighted by atomic mass is 10.1. The standard InChI is InChI=1S/C20H28Cl2N2O2.2ClH/c21-7-15-25-17-13-23-9-3-19(4-10-23)1-2-20-5-11-24(12-6-20)14-18-26-16-8-22;;/h3-6,9-12H,1-2,7-8,13-18H2;2*1H/q+2;;/p-2. The predicted octanol–water partition coefficient (Wildman–Crippen LogP) is -3.43. The van der Waals surface area contributed by atoms with Crippen LogP contribution in [0, 0.1) is 0 Å². The Balaban J connectivity index is 0.00000364. The summed E-state index contributed by atoms with van der Waals surface area (Å²) < 4.78 is 15.1. The minimum absolute atomic E-state index is 0. The molecule has 2 aromatic heterocycles. The zero-order valence-corrected chi connectivity index (χ0v) is 18.9. The number of hydrogen-bond acceptors (Lipinski definition) is 2. The Kier molecular flexibility index (Phi) is 16.9. The van der Waals surface area contributed by atoms with E-state index < -0.39 is 0 Å². The Morgan fingerprint density at radius 1 is 0.607 bits per heavy atom. The average molecular weight is 470 g/mol. The Morgan fingerprint density at radius 2 is 0.964 bits per heavy atom. The van der Waals surface area contributed by atoms with E-state index in [0.29, 0.717) is 38.2 Å². The molecule has 0 amide bonds. The molecule has 0 fully saturated rings. The third-order valence-electron chi connectivity index (χ3n) is 4.05. The van der Waals surface area contributed by atoms with Crippen molar-refractivity contribution in [2.45, 2.75) is 25.9 Å². The summed E-state index contributed by atoms with van der Waals surface area (Å²) in [6.07, 6.45) is 10.5. The van der Waals surface area contributed by atoms with Gasteiger partial charge >= 0.3 is 0 Å². The lowest BCUT2D eigenvalue weighted by molar-refractivity contribution is -0.698. The molecule has 2 heterocycles. The molecule has 0 aliphatic carbocycles. The molecule has 158 valence electrons. The van der Waals surface area contributed by atoms with Crippen LogP contribution in [0.1, 0.15) is 11.1 Å². The van der Waals surface area contributed by atoms with Crippen molar-refractivity contribution >= 4 is 23.2 Å². The number of aromatic nitrogens is 2. The lowest BCUT2D eigenvalue weighted by Crippen LogP contribution is -3.00. The van der Waals surface area contributed by atoms with Gasteiger partial charge in [-0.1, -0.05) is 0 Å². The van der Waals surface area contributed by atoms with Crippen molar-refractivity contribution in [1.82, 2.24) is 0 Å². The van der Waals surface area contributed by atoms with Crippen LogP contribution in [-0.4, -0.2) is 38.2 Å². The van der Waals surface area contributed by atoms with Gasteiger partial charge in [-0.2, -0.15) is 0 Å². The number of nitrogens with zero attached hydrogens (tertiary/aromatic N) is 2. The smallest absolute Gasteiger partial charge is 0.171 e. The first kappa shape index (κ1) is 27.4. The molecule has 0 spiro atoms. The molecule has 0 atom stereocenters. The Hall–Kier alpha value is -0.620. The fraction of sp³-hybridized carbons (Fsp3) is 0.500. The maximum Gasteiger partial charge on any atom is 0.171 e. The molecule has 0 unspecified atom stereocenters. The maximum absolute atomic E-state index is 5.59. The van der Waals surface area contributed by atoms with Crippen molar-refractivity contribution in [2.75, 3.05) is 38.2 Å². The molecule has 0 radical (unpaired) electrons. The fourth-order valence-corrected chi connectivity index (χ4v) is 2.77. The van der Waals surface area contributed by atoms with Gasteiger partial charge in [0, 0.05) is 36.0 Å². The van der Waals surface area contributed by atoms with Crippen molar-refractivity contribution in [3.63, 3.8) is 0 Å². The van der Waals surface area contributed by atoms with Gasteiger partial charge in [0.25, 0.3) is 0 Å². The molecule has 0 aliphatic heterocycles. The molecule has 0 bridgehead atoms. The Morgan fingerprint density at radius 3 is 1.29 bits per heavy atom. The van der Waals surface area contributed by atoms with Gasteiger partial charge in [-0.25, -0.2) is 9.13 Å². The number of aryl methyl sites for hydroxylation is 2. The zero-order valence-electron chi connectivity index (χ0n) is 15.9. The largest absolute Gasteiger partial charge is 1.00 e. The quantitative estimate of drug-likeness (QED) is 0.173. The second-order valence-corrected chi connectivity index (χ2v) is 6.75. The highest BCUT2D eigenvalue weighted by Crippen LogP contribution is 2.04. The third-order valence-corrected chi connectivity index (χ3v) is 4.36. The van der Waals surface area contributed by atoms with Crippen LogP contribution in [0.5, 0.6) is 0 Å². The van der Waals surface area contributed by atoms with Crippen LogP contribution in [0.25, 0.3) is 0 Å². The van der Waals surface area contributed by atoms with E-state index in [1.54, 1.807) is 0 Å². The van der Waals surface area contributed by atoms with Crippen LogP contribution < -0.4 is 33.9 Å². The highest BCUT2D eigenvalue weighted by molar-refractivity contribution is 6.18. The molecular weight excluding hydrogens is 442 g/mol. The van der Waals surface area contributed by atoms with E-state index in [2.05, 4.69) is 58.2 Å². The number of rotatable bonds is 13. The summed E-state index contributed by atoms with van der Waals surface area (Å²) >= 11 is 11.2. The highest BCUT2D eigenvalue weighted by Gasteiger charge is 2.04. The van der Waals surface area contributed by atoms with E-state index in [1.807, 2.05) is 0 Å². The molecular formula is C20H28Cl4N2O2. The predicted molar refractivity (Wildman–Crippen MR) is 104 cm³/mol. The van der Waals surface area contributed by atoms with E-state index in [0.717, 1.165) is 25.9 Å². The minimum atomic E-state index is 0. The molecule has 0 aliphatic rings. The second-order valence-electron chi connectivity index (χ2n) is 5.99. The molecule has 2 rings (SSSR count). The first-order valence-electron chi connectivity index (χ1n) is 9.05. The number of hydrogen-bond donors (Lipinski definition) is 0. The monoisotopic (exact) mass is 468 g/mol. The zero-order chi connectivity index (χ0) is 18.5. The fourth-order valence-electron chi connectivity index (χ4n) is 2.55. The lowest BCUT2D eigenvalue weighted by Gasteiger charge is -2.03. The van der Waals surface area contributed by atoms with E-state index >= 15 is 0 Å². The Labute approximate surface area is 190 Å². The highest BCUT2D eigenvalue weighted by atomic mass is 35.5. The van der Waals surface area contributed by atoms with Crippen LogP contribution in [-0.2, 0) is 35.4 Å². The van der Waals surface area contributed by atoms with E-state index in [-0.39, 0.29) is 24.8 Å². The van der Waals surface area contributed by atoms with Gasteiger partial charge in [0.15, 0.2) is 37.9 Å². The molecule has 28 heavy (non-hydrogen) atoms. The molecule has 0 aromatic carbocycles. The summed E-state index contributed by atoms with van der Waals surface area (Å²) in [7, 11) is 0. The van der Waals surface area contributed by atoms with Gasteiger partial charge in [0.05, 0.1) is 13.2 Å². The molecule has 8 heteroatoms. The van der Waals surface area contributed by atoms with Crippen molar-refractivity contribution in [1.29, 1.82) is 0 Å². The molecule has 0 saturated carbocycles. The SMILES string of the molecule is ClCCOCC[n+]1ccc(CCc2cc[n+](CCOCCCl)cc2)cc1.[Cl-].[Cl-]. The van der Waals surface area contributed by atoms with E-state index in [4.69, 9.17) is 32.7 Å². The van der Waals surface area contributed by atoms with Crippen LogP contribution in [0.4, 0.5) is 0 Å². The normalized spacial score (nSPS) is 10.2. The number of pyridine rings is 2. The Bertz CT molecular complexity index is 557. The van der Waals surface area contributed by atoms with Crippen molar-refractivity contribution in [3.8, 4) is 0 Å². The number of alkyl halides is 2. The summed E-state index contributed by atoms with van der Waals surface area (Å²) in [5, 5.41) is 0. The van der Waals surface area contributed by atoms with Crippen LogP contribution >= 0.6 is 23.2 Å². The van der Waals surface area contributed by atoms with Crippen LogP contribution in [0.2, 0.25) is 0 Å². The van der Waals surface area contributed by atoms with Gasteiger partial charge in [-0.05, 0) is 24.0 Å². The molecule has 4 nitrogen and oxygen atoms in total. The van der Waals surface area contributed by atoms with Gasteiger partial charge in [0.1, 0.15) is 13.2 Å². The topological polar surface area (TPSA) is 26.2 Å². The minimum Gasteiger partial charge on any atom is -1.00 e. The molecule has 2 aromatic rings. The van der Waals surface area contributed by atoms with E-state index in [9.17, 15) is 0 Å². The molecule has 0 N–H and O–H groups in total. The van der Waals surface area contributed by atoms with Gasteiger partial charge < -0.3 is 34.3 Å². The molecule has 0 saturated heterocycles. The maximum atomic E-state index is 5.59. The second kappa shape index (κ2) is 17.3. The first-order valence-corrected chi connectivity index (χ1v) is 10.1. The summed E-state index contributed by atoms with van der Waals surface area (Å²) in [5.74, 6) is 1.09. The van der Waals surface area contributed by atoms with Gasteiger partial charge in [0.2, 0.25) is 0 Å². The number of ether oxygens (including phenoxy) is 2. The first-order chi connectivity index (χ1) is 12.8. The van der Waals surface area contributed by atoms with Crippen LogP contribution in [0.15, 0.2) is 49.1 Å². The van der Waals surface area contributed by atoms with Crippen molar-refractivity contribution < 1.29 is 43.4 Å². The van der Waals surface area contributed by atoms with Crippen molar-refractivity contribution in [3.05, 3.63) is 60.2 Å². The average Bonchev–Trinajstić information content (AvgIpc) is 2.69. The van der Waals surface area contributed by atoms with Gasteiger partial charge in [-0.15, -0.1) is 23.2 Å². The summed E-state index contributed by atoms with van der Waals surface area (Å²) in [6.45, 7) is 4.31. The number of halogens is 4. The van der Waals surface area contributed by atoms with E-state index in [1.165, 1.54) is 11.1 Å². The van der Waals surface area contributed by atoms with Crippen molar-refractivity contribution in [2.24, 2.45) is 0 Å². The summed E-state index contributed by atoms with van der Waals surface area (Å²) in [4.78, 5) is 0. The van der Waals surface area contributed by atoms with Gasteiger partial charge in [-0.3, -0.25) is 0 Å².